The maximum atomic E-state index is 12.1. The minimum Gasteiger partial charge on any atom is -0.494 e. The summed E-state index contributed by atoms with van der Waals surface area (Å²) in [5.74, 6) is 1.13. The van der Waals surface area contributed by atoms with Crippen LogP contribution in [0.15, 0.2) is 24.3 Å². The van der Waals surface area contributed by atoms with Crippen molar-refractivity contribution < 1.29 is 9.53 Å². The lowest BCUT2D eigenvalue weighted by Gasteiger charge is -2.13. The first-order valence-electron chi connectivity index (χ1n) is 8.60. The van der Waals surface area contributed by atoms with E-state index in [1.54, 1.807) is 24.3 Å². The van der Waals surface area contributed by atoms with Gasteiger partial charge in [-0.15, -0.1) is 0 Å². The molecular weight excluding hydrogens is 336 g/mol. The molecule has 3 N–H and O–H groups in total. The van der Waals surface area contributed by atoms with Crippen LogP contribution in [0, 0.1) is 5.92 Å². The molecule has 0 fully saturated rings. The molecule has 0 bridgehead atoms. The van der Waals surface area contributed by atoms with Gasteiger partial charge in [0.25, 0.3) is 5.91 Å². The third kappa shape index (κ3) is 9.89. The Morgan fingerprint density at radius 1 is 1.20 bits per heavy atom. The molecule has 0 saturated heterocycles. The van der Waals surface area contributed by atoms with Gasteiger partial charge in [-0.3, -0.25) is 15.6 Å². The van der Waals surface area contributed by atoms with Crippen molar-refractivity contribution >= 4 is 23.2 Å². The van der Waals surface area contributed by atoms with Crippen molar-refractivity contribution in [3.8, 4) is 5.75 Å². The highest BCUT2D eigenvalue weighted by molar-refractivity contribution is 7.80. The Morgan fingerprint density at radius 2 is 1.88 bits per heavy atom. The van der Waals surface area contributed by atoms with Crippen molar-refractivity contribution in [1.82, 2.24) is 21.1 Å². The molecule has 1 rings (SSSR count). The number of nitrogens with one attached hydrogen (secondary N) is 3. The van der Waals surface area contributed by atoms with E-state index in [2.05, 4.69) is 34.9 Å². The number of amides is 1. The number of hydrogen-bond donors (Lipinski definition) is 3. The van der Waals surface area contributed by atoms with E-state index in [0.717, 1.165) is 31.7 Å². The van der Waals surface area contributed by atoms with E-state index in [9.17, 15) is 4.79 Å². The molecular formula is C18H30N4O2S. The van der Waals surface area contributed by atoms with Crippen LogP contribution in [0.3, 0.4) is 0 Å². The maximum absolute atomic E-state index is 12.1. The topological polar surface area (TPSA) is 65.6 Å². The molecule has 0 aromatic heterocycles. The van der Waals surface area contributed by atoms with Crippen LogP contribution >= 0.6 is 12.2 Å². The van der Waals surface area contributed by atoms with Crippen molar-refractivity contribution in [1.29, 1.82) is 0 Å². The van der Waals surface area contributed by atoms with Gasteiger partial charge in [-0.05, 0) is 75.9 Å². The maximum Gasteiger partial charge on any atom is 0.269 e. The smallest absolute Gasteiger partial charge is 0.269 e. The van der Waals surface area contributed by atoms with E-state index < -0.39 is 0 Å². The molecule has 6 nitrogen and oxygen atoms in total. The Hall–Kier alpha value is -1.86. The van der Waals surface area contributed by atoms with Gasteiger partial charge in [-0.1, -0.05) is 13.8 Å². The van der Waals surface area contributed by atoms with Gasteiger partial charge < -0.3 is 15.0 Å². The summed E-state index contributed by atoms with van der Waals surface area (Å²) in [5.41, 5.74) is 5.83. The summed E-state index contributed by atoms with van der Waals surface area (Å²) in [5, 5.41) is 3.45. The highest BCUT2D eigenvalue weighted by Crippen LogP contribution is 2.13. The Bertz CT molecular complexity index is 532. The lowest BCUT2D eigenvalue weighted by atomic mass is 10.1. The number of hydrogen-bond acceptors (Lipinski definition) is 4. The van der Waals surface area contributed by atoms with Crippen LogP contribution in [-0.4, -0.2) is 49.7 Å². The molecule has 140 valence electrons. The zero-order valence-corrected chi connectivity index (χ0v) is 16.4. The molecule has 7 heteroatoms. The molecule has 0 unspecified atom stereocenters. The summed E-state index contributed by atoms with van der Waals surface area (Å²) >= 11 is 5.12. The van der Waals surface area contributed by atoms with Gasteiger partial charge in [-0.2, -0.15) is 0 Å². The Kier molecular flexibility index (Phi) is 9.87. The number of hydrazine groups is 1. The third-order valence-electron chi connectivity index (χ3n) is 3.44. The van der Waals surface area contributed by atoms with E-state index >= 15 is 0 Å². The summed E-state index contributed by atoms with van der Waals surface area (Å²) in [6.45, 7) is 6.73. The number of nitrogens with zero attached hydrogens (tertiary/aromatic N) is 1. The second-order valence-electron chi connectivity index (χ2n) is 6.55. The lowest BCUT2D eigenvalue weighted by molar-refractivity contribution is 0.0943. The van der Waals surface area contributed by atoms with Crippen molar-refractivity contribution in [2.45, 2.75) is 26.7 Å². The molecule has 1 aromatic rings. The van der Waals surface area contributed by atoms with E-state index in [0.29, 0.717) is 23.2 Å². The van der Waals surface area contributed by atoms with Crippen LogP contribution in [-0.2, 0) is 0 Å². The van der Waals surface area contributed by atoms with Gasteiger partial charge in [0.15, 0.2) is 5.11 Å². The van der Waals surface area contributed by atoms with Gasteiger partial charge in [0, 0.05) is 12.1 Å². The monoisotopic (exact) mass is 366 g/mol. The Labute approximate surface area is 156 Å². The zero-order chi connectivity index (χ0) is 18.7. The second-order valence-corrected chi connectivity index (χ2v) is 6.96. The first-order valence-corrected chi connectivity index (χ1v) is 9.01. The molecule has 0 radical (unpaired) electrons. The molecule has 0 aliphatic rings. The van der Waals surface area contributed by atoms with Crippen LogP contribution in [0.4, 0.5) is 0 Å². The summed E-state index contributed by atoms with van der Waals surface area (Å²) in [4.78, 5) is 14.2. The van der Waals surface area contributed by atoms with E-state index in [1.807, 2.05) is 14.1 Å². The molecule has 0 heterocycles. The van der Waals surface area contributed by atoms with Crippen molar-refractivity contribution in [3.05, 3.63) is 29.8 Å². The number of carbonyl (C=O) groups is 1. The van der Waals surface area contributed by atoms with Crippen molar-refractivity contribution in [2.24, 2.45) is 5.92 Å². The molecule has 0 atom stereocenters. The van der Waals surface area contributed by atoms with Crippen LogP contribution in [0.5, 0.6) is 5.75 Å². The molecule has 0 aliphatic carbocycles. The minimum absolute atomic E-state index is 0.244. The van der Waals surface area contributed by atoms with Crippen LogP contribution in [0.25, 0.3) is 0 Å². The van der Waals surface area contributed by atoms with Gasteiger partial charge in [0.2, 0.25) is 0 Å². The molecule has 1 amide bonds. The SMILES string of the molecule is CC(C)CCOc1ccc(C(=O)NNC(=S)NCCCN(C)C)cc1. The van der Waals surface area contributed by atoms with Crippen molar-refractivity contribution in [3.63, 3.8) is 0 Å². The third-order valence-corrected chi connectivity index (χ3v) is 3.68. The quantitative estimate of drug-likeness (QED) is 0.354. The van der Waals surface area contributed by atoms with Gasteiger partial charge in [0.05, 0.1) is 6.61 Å². The average molecular weight is 367 g/mol. The largest absolute Gasteiger partial charge is 0.494 e. The minimum atomic E-state index is -0.244. The van der Waals surface area contributed by atoms with E-state index in [4.69, 9.17) is 17.0 Å². The average Bonchev–Trinajstić information content (AvgIpc) is 2.56. The summed E-state index contributed by atoms with van der Waals surface area (Å²) in [6.07, 6.45) is 1.98. The Morgan fingerprint density at radius 3 is 2.48 bits per heavy atom. The zero-order valence-electron chi connectivity index (χ0n) is 15.6. The molecule has 25 heavy (non-hydrogen) atoms. The van der Waals surface area contributed by atoms with Crippen LogP contribution in [0.1, 0.15) is 37.0 Å². The summed E-state index contributed by atoms with van der Waals surface area (Å²) in [6, 6.07) is 7.06. The predicted molar refractivity (Wildman–Crippen MR) is 106 cm³/mol. The molecule has 0 spiro atoms. The van der Waals surface area contributed by atoms with Crippen LogP contribution in [0.2, 0.25) is 0 Å². The number of rotatable bonds is 9. The summed E-state index contributed by atoms with van der Waals surface area (Å²) in [7, 11) is 4.05. The highest BCUT2D eigenvalue weighted by Gasteiger charge is 2.06. The van der Waals surface area contributed by atoms with Crippen molar-refractivity contribution in [2.75, 3.05) is 33.8 Å². The highest BCUT2D eigenvalue weighted by atomic mass is 32.1. The fraction of sp³-hybridized carbons (Fsp3) is 0.556. The molecule has 0 aliphatic heterocycles. The fourth-order valence-corrected chi connectivity index (χ4v) is 2.10. The van der Waals surface area contributed by atoms with Gasteiger partial charge >= 0.3 is 0 Å². The summed E-state index contributed by atoms with van der Waals surface area (Å²) < 4.78 is 5.64. The van der Waals surface area contributed by atoms with Crippen LogP contribution < -0.4 is 20.9 Å². The standard InChI is InChI=1S/C18H30N4O2S/c1-14(2)10-13-24-16-8-6-15(7-9-16)17(23)20-21-18(25)19-11-5-12-22(3)4/h6-9,14H,5,10-13H2,1-4H3,(H,20,23)(H2,19,21,25). The number of carbonyl (C=O) groups excluding carboxylic acids is 1. The Balaban J connectivity index is 2.28. The second kappa shape index (κ2) is 11.7. The molecule has 1 aromatic carbocycles. The first kappa shape index (κ1) is 21.2. The number of benzene rings is 1. The predicted octanol–water partition coefficient (Wildman–Crippen LogP) is 2.17. The van der Waals surface area contributed by atoms with E-state index in [1.165, 1.54) is 0 Å². The molecule has 0 saturated carbocycles. The normalized spacial score (nSPS) is 10.6. The van der Waals surface area contributed by atoms with Gasteiger partial charge in [-0.25, -0.2) is 0 Å². The number of thiocarbonyl (C=S) groups is 1. The first-order chi connectivity index (χ1) is 11.9. The number of ether oxygens (including phenoxy) is 1. The lowest BCUT2D eigenvalue weighted by Crippen LogP contribution is -2.47. The fourth-order valence-electron chi connectivity index (χ4n) is 1.94. The van der Waals surface area contributed by atoms with Gasteiger partial charge in [0.1, 0.15) is 5.75 Å². The van der Waals surface area contributed by atoms with E-state index in [-0.39, 0.29) is 5.91 Å².